The molecule has 0 spiro atoms. The number of unbranched alkanes of at least 4 members (excludes halogenated alkanes) is 7. The van der Waals surface area contributed by atoms with Gasteiger partial charge < -0.3 is 20.1 Å². The molecule has 0 aliphatic rings. The van der Waals surface area contributed by atoms with Crippen molar-refractivity contribution in [3.63, 3.8) is 0 Å². The van der Waals surface area contributed by atoms with E-state index >= 15 is 0 Å². The minimum atomic E-state index is -4.37. The molecule has 0 aliphatic heterocycles. The number of hydrogen-bond acceptors (Lipinski definition) is 8. The van der Waals surface area contributed by atoms with E-state index < -0.39 is 32.5 Å². The number of carbonyl (C=O) groups is 2. The van der Waals surface area contributed by atoms with Gasteiger partial charge >= 0.3 is 19.8 Å². The normalized spacial score (nSPS) is 14.3. The topological polar surface area (TPSA) is 134 Å². The highest BCUT2D eigenvalue weighted by molar-refractivity contribution is 7.47. The first kappa shape index (κ1) is 42.7. The molecule has 9 nitrogen and oxygen atoms in total. The van der Waals surface area contributed by atoms with Crippen molar-refractivity contribution in [2.75, 3.05) is 26.4 Å². The molecule has 0 saturated heterocycles. The largest absolute Gasteiger partial charge is 0.472 e. The number of phosphoric acid groups is 1. The Bertz CT molecular complexity index is 929. The fraction of sp³-hybridized carbons (Fsp3) is 0.657. The van der Waals surface area contributed by atoms with Crippen molar-refractivity contribution in [1.82, 2.24) is 0 Å². The van der Waals surface area contributed by atoms with Gasteiger partial charge in [0.25, 0.3) is 0 Å². The Morgan fingerprint density at radius 3 is 1.80 bits per heavy atom. The molecule has 0 aromatic heterocycles. The van der Waals surface area contributed by atoms with E-state index in [9.17, 15) is 19.0 Å². The van der Waals surface area contributed by atoms with Crippen LogP contribution in [0.3, 0.4) is 0 Å². The summed E-state index contributed by atoms with van der Waals surface area (Å²) in [5, 5.41) is 0. The zero-order chi connectivity index (χ0) is 33.3. The van der Waals surface area contributed by atoms with Crippen LogP contribution in [0.5, 0.6) is 0 Å². The number of hydrogen-bond donors (Lipinski definition) is 2. The minimum absolute atomic E-state index is 0.0449. The van der Waals surface area contributed by atoms with E-state index in [2.05, 4.69) is 74.6 Å². The number of allylic oxidation sites excluding steroid dienone is 10. The van der Waals surface area contributed by atoms with Crippen LogP contribution in [0.15, 0.2) is 60.8 Å². The van der Waals surface area contributed by atoms with Crippen LogP contribution in [0.4, 0.5) is 0 Å². The summed E-state index contributed by atoms with van der Waals surface area (Å²) in [5.41, 5.74) is 5.30. The van der Waals surface area contributed by atoms with E-state index in [4.69, 9.17) is 24.3 Å². The van der Waals surface area contributed by atoms with Gasteiger partial charge in [0.05, 0.1) is 13.2 Å². The van der Waals surface area contributed by atoms with Crippen LogP contribution in [-0.4, -0.2) is 49.3 Å². The van der Waals surface area contributed by atoms with Gasteiger partial charge in [-0.1, -0.05) is 107 Å². The second kappa shape index (κ2) is 31.7. The van der Waals surface area contributed by atoms with Crippen LogP contribution in [-0.2, 0) is 32.7 Å². The van der Waals surface area contributed by atoms with E-state index in [-0.39, 0.29) is 32.6 Å². The lowest BCUT2D eigenvalue weighted by molar-refractivity contribution is -0.161. The van der Waals surface area contributed by atoms with E-state index in [0.29, 0.717) is 6.42 Å². The molecule has 0 heterocycles. The third kappa shape index (κ3) is 31.5. The third-order valence-electron chi connectivity index (χ3n) is 6.42. The monoisotopic (exact) mass is 653 g/mol. The van der Waals surface area contributed by atoms with Gasteiger partial charge in [-0.2, -0.15) is 0 Å². The first-order valence-corrected chi connectivity index (χ1v) is 18.3. The smallest absolute Gasteiger partial charge is 0.462 e. The summed E-state index contributed by atoms with van der Waals surface area (Å²) in [6.45, 7) is 3.43. The summed E-state index contributed by atoms with van der Waals surface area (Å²) in [5.74, 6) is -0.890. The van der Waals surface area contributed by atoms with Crippen LogP contribution < -0.4 is 5.73 Å². The van der Waals surface area contributed by atoms with Gasteiger partial charge in [-0.3, -0.25) is 18.6 Å². The Morgan fingerprint density at radius 2 is 1.22 bits per heavy atom. The van der Waals surface area contributed by atoms with Crippen LogP contribution in [0.1, 0.15) is 117 Å². The zero-order valence-corrected chi connectivity index (χ0v) is 28.7. The van der Waals surface area contributed by atoms with Crippen molar-refractivity contribution in [3.05, 3.63) is 60.8 Å². The summed E-state index contributed by atoms with van der Waals surface area (Å²) in [4.78, 5) is 34.3. The number of rotatable bonds is 30. The molecule has 2 unspecified atom stereocenters. The van der Waals surface area contributed by atoms with E-state index in [1.165, 1.54) is 0 Å². The number of nitrogens with two attached hydrogens (primary N) is 1. The number of esters is 2. The van der Waals surface area contributed by atoms with Gasteiger partial charge in [-0.25, -0.2) is 4.57 Å². The fourth-order valence-electron chi connectivity index (χ4n) is 3.95. The first-order valence-electron chi connectivity index (χ1n) is 16.8. The van der Waals surface area contributed by atoms with E-state index in [1.807, 2.05) is 0 Å². The zero-order valence-electron chi connectivity index (χ0n) is 27.8. The quantitative estimate of drug-likeness (QED) is 0.0338. The van der Waals surface area contributed by atoms with Crippen LogP contribution >= 0.6 is 7.82 Å². The van der Waals surface area contributed by atoms with Crippen LogP contribution in [0.25, 0.3) is 0 Å². The molecule has 3 N–H and O–H groups in total. The Morgan fingerprint density at radius 1 is 0.689 bits per heavy atom. The highest BCUT2D eigenvalue weighted by Crippen LogP contribution is 2.43. The molecule has 0 aromatic rings. The van der Waals surface area contributed by atoms with Crippen molar-refractivity contribution in [2.45, 2.75) is 123 Å². The maximum atomic E-state index is 12.4. The lowest BCUT2D eigenvalue weighted by atomic mass is 10.1. The molecule has 45 heavy (non-hydrogen) atoms. The summed E-state index contributed by atoms with van der Waals surface area (Å²) in [7, 11) is -4.37. The van der Waals surface area contributed by atoms with Crippen LogP contribution in [0, 0.1) is 0 Å². The molecule has 0 amide bonds. The summed E-state index contributed by atoms with van der Waals surface area (Å²) >= 11 is 0. The number of phosphoric ester groups is 1. The van der Waals surface area contributed by atoms with Gasteiger partial charge in [0.1, 0.15) is 6.61 Å². The molecular formula is C35H60NO8P. The molecule has 0 bridgehead atoms. The molecule has 2 atom stereocenters. The predicted molar refractivity (Wildman–Crippen MR) is 183 cm³/mol. The Balaban J connectivity index is 4.26. The summed E-state index contributed by atoms with van der Waals surface area (Å²) in [6.07, 6.45) is 34.4. The lowest BCUT2D eigenvalue weighted by Gasteiger charge is -2.19. The van der Waals surface area contributed by atoms with Gasteiger partial charge in [-0.15, -0.1) is 0 Å². The Hall–Kier alpha value is -2.29. The van der Waals surface area contributed by atoms with E-state index in [1.54, 1.807) is 0 Å². The van der Waals surface area contributed by atoms with Gasteiger partial charge in [-0.05, 0) is 57.8 Å². The molecule has 0 radical (unpaired) electrons. The second-order valence-electron chi connectivity index (χ2n) is 10.7. The Labute approximate surface area is 272 Å². The summed E-state index contributed by atoms with van der Waals surface area (Å²) in [6, 6.07) is 0. The highest BCUT2D eigenvalue weighted by Gasteiger charge is 2.25. The summed E-state index contributed by atoms with van der Waals surface area (Å²) < 4.78 is 32.3. The molecule has 0 fully saturated rings. The molecule has 0 saturated carbocycles. The molecular weight excluding hydrogens is 593 g/mol. The molecule has 10 heteroatoms. The van der Waals surface area contributed by atoms with Crippen molar-refractivity contribution < 1.29 is 37.6 Å². The molecule has 0 rings (SSSR count). The maximum Gasteiger partial charge on any atom is 0.472 e. The lowest BCUT2D eigenvalue weighted by Crippen LogP contribution is -2.29. The standard InChI is InChI=1S/C35H60NO8P/c1-3-5-7-9-10-11-12-13-14-15-16-17-18-19-20-21-22-24-26-28-35(38)44-33(32-43-45(39,40)42-30-29-36)31-41-34(37)27-25-23-8-6-4-2/h5,7,10-11,13-14,16-17,19-20,33H,3-4,6,8-9,12,15,18,21-32,36H2,1-2H3,(H,39,40)/b7-5-,11-10-,14-13-,17-16-,20-19-. The molecule has 258 valence electrons. The van der Waals surface area contributed by atoms with Gasteiger partial charge in [0, 0.05) is 19.4 Å². The third-order valence-corrected chi connectivity index (χ3v) is 7.40. The fourth-order valence-corrected chi connectivity index (χ4v) is 4.72. The SMILES string of the molecule is CC/C=C\C/C=C\C/C=C\C/C=C\C/C=C\CCCCCC(=O)OC(COC(=O)CCCCCCC)COP(=O)(O)OCCN. The van der Waals surface area contributed by atoms with Gasteiger partial charge in [0.15, 0.2) is 6.10 Å². The van der Waals surface area contributed by atoms with Crippen molar-refractivity contribution >= 4 is 19.8 Å². The maximum absolute atomic E-state index is 12.4. The van der Waals surface area contributed by atoms with E-state index in [0.717, 1.165) is 83.5 Å². The second-order valence-corrected chi connectivity index (χ2v) is 12.1. The predicted octanol–water partition coefficient (Wildman–Crippen LogP) is 8.60. The van der Waals surface area contributed by atoms with Gasteiger partial charge in [0.2, 0.25) is 0 Å². The first-order chi connectivity index (χ1) is 21.8. The highest BCUT2D eigenvalue weighted by atomic mass is 31.2. The average molecular weight is 654 g/mol. The minimum Gasteiger partial charge on any atom is -0.462 e. The number of ether oxygens (including phenoxy) is 2. The van der Waals surface area contributed by atoms with Crippen molar-refractivity contribution in [3.8, 4) is 0 Å². The molecule has 0 aliphatic carbocycles. The van der Waals surface area contributed by atoms with Crippen LogP contribution in [0.2, 0.25) is 0 Å². The van der Waals surface area contributed by atoms with Crippen molar-refractivity contribution in [2.24, 2.45) is 5.73 Å². The molecule has 0 aromatic carbocycles. The number of carbonyl (C=O) groups excluding carboxylic acids is 2. The average Bonchev–Trinajstić information content (AvgIpc) is 3.02. The van der Waals surface area contributed by atoms with Crippen molar-refractivity contribution in [1.29, 1.82) is 0 Å². The Kier molecular flexibility index (Phi) is 30.1.